The molecule has 2 aromatic heterocycles. The van der Waals surface area contributed by atoms with E-state index in [9.17, 15) is 4.79 Å². The van der Waals surface area contributed by atoms with Crippen LogP contribution in [-0.4, -0.2) is 41.7 Å². The minimum absolute atomic E-state index is 0.0412. The van der Waals surface area contributed by atoms with Crippen LogP contribution in [0.2, 0.25) is 0 Å². The van der Waals surface area contributed by atoms with Gasteiger partial charge >= 0.3 is 0 Å². The fourth-order valence-electron chi connectivity index (χ4n) is 4.00. The summed E-state index contributed by atoms with van der Waals surface area (Å²) in [6.45, 7) is 2.52. The normalized spacial score (nSPS) is 17.4. The molecule has 0 aliphatic carbocycles. The van der Waals surface area contributed by atoms with Crippen LogP contribution in [0.25, 0.3) is 0 Å². The van der Waals surface area contributed by atoms with Gasteiger partial charge in [0.1, 0.15) is 11.9 Å². The van der Waals surface area contributed by atoms with Crippen LogP contribution in [0.5, 0.6) is 5.88 Å². The molecule has 7 nitrogen and oxygen atoms in total. The van der Waals surface area contributed by atoms with Crippen molar-refractivity contribution in [2.24, 2.45) is 0 Å². The summed E-state index contributed by atoms with van der Waals surface area (Å²) in [6.07, 6.45) is 5.23. The zero-order valence-electron chi connectivity index (χ0n) is 17.2. The Hall–Kier alpha value is -3.45. The molecule has 5 rings (SSSR count). The third-order valence-electron chi connectivity index (χ3n) is 5.60. The smallest absolute Gasteiger partial charge is 0.262 e. The standard InChI is InChI=1S/C24H24N4O3/c29-24(28-12-8-18-4-1-2-6-21(18)28)20-5-3-10-26-23(20)27-15-17-7-11-25-22(14-17)31-19-9-13-30-16-19/h1-7,10-11,14,19H,8-9,12-13,15-16H2,(H,26,27). The van der Waals surface area contributed by atoms with Crippen molar-refractivity contribution < 1.29 is 14.3 Å². The van der Waals surface area contributed by atoms with E-state index in [2.05, 4.69) is 21.4 Å². The molecule has 0 saturated carbocycles. The van der Waals surface area contributed by atoms with Gasteiger partial charge in [-0.1, -0.05) is 18.2 Å². The van der Waals surface area contributed by atoms with Crippen LogP contribution in [0.3, 0.4) is 0 Å². The van der Waals surface area contributed by atoms with Gasteiger partial charge in [-0.15, -0.1) is 0 Å². The van der Waals surface area contributed by atoms with Crippen LogP contribution in [0, 0.1) is 0 Å². The van der Waals surface area contributed by atoms with Crippen LogP contribution in [0.4, 0.5) is 11.5 Å². The Labute approximate surface area is 181 Å². The number of fused-ring (bicyclic) bond motifs is 1. The van der Waals surface area contributed by atoms with Crippen molar-refractivity contribution in [3.63, 3.8) is 0 Å². The second-order valence-corrected chi connectivity index (χ2v) is 7.69. The van der Waals surface area contributed by atoms with Gasteiger partial charge in [0, 0.05) is 43.7 Å². The molecule has 1 atom stereocenters. The predicted octanol–water partition coefficient (Wildman–Crippen LogP) is 3.46. The molecule has 7 heteroatoms. The van der Waals surface area contributed by atoms with Crippen molar-refractivity contribution in [2.75, 3.05) is 30.0 Å². The molecular weight excluding hydrogens is 392 g/mol. The Kier molecular flexibility index (Phi) is 5.50. The summed E-state index contributed by atoms with van der Waals surface area (Å²) in [7, 11) is 0. The molecule has 1 aromatic carbocycles. The number of ether oxygens (including phenoxy) is 2. The molecular formula is C24H24N4O3. The Bertz CT molecular complexity index is 1080. The summed E-state index contributed by atoms with van der Waals surface area (Å²) in [4.78, 5) is 23.8. The molecule has 2 aliphatic heterocycles. The highest BCUT2D eigenvalue weighted by molar-refractivity contribution is 6.10. The molecule has 31 heavy (non-hydrogen) atoms. The first kappa shape index (κ1) is 19.5. The van der Waals surface area contributed by atoms with E-state index in [0.717, 1.165) is 30.7 Å². The molecule has 3 aromatic rings. The molecule has 0 bridgehead atoms. The van der Waals surface area contributed by atoms with Crippen molar-refractivity contribution in [3.05, 3.63) is 77.6 Å². The summed E-state index contributed by atoms with van der Waals surface area (Å²) in [5.74, 6) is 1.11. The SMILES string of the molecule is O=C(c1cccnc1NCc1ccnc(OC2CCOC2)c1)N1CCc2ccccc21. The number of hydrogen-bond donors (Lipinski definition) is 1. The average Bonchev–Trinajstić information content (AvgIpc) is 3.48. The maximum Gasteiger partial charge on any atom is 0.262 e. The number of benzene rings is 1. The molecule has 1 saturated heterocycles. The van der Waals surface area contributed by atoms with Crippen LogP contribution >= 0.6 is 0 Å². The highest BCUT2D eigenvalue weighted by Crippen LogP contribution is 2.30. The Morgan fingerprint density at radius 3 is 3.00 bits per heavy atom. The molecule has 2 aliphatic rings. The van der Waals surface area contributed by atoms with E-state index in [1.807, 2.05) is 41.3 Å². The Morgan fingerprint density at radius 2 is 2.10 bits per heavy atom. The quantitative estimate of drug-likeness (QED) is 0.663. The number of anilines is 2. The summed E-state index contributed by atoms with van der Waals surface area (Å²) in [6, 6.07) is 15.5. The third kappa shape index (κ3) is 4.22. The zero-order chi connectivity index (χ0) is 21.0. The second-order valence-electron chi connectivity index (χ2n) is 7.69. The molecule has 158 valence electrons. The van der Waals surface area contributed by atoms with Gasteiger partial charge in [0.25, 0.3) is 5.91 Å². The van der Waals surface area contributed by atoms with Gasteiger partial charge in [0.15, 0.2) is 0 Å². The van der Waals surface area contributed by atoms with E-state index in [1.165, 1.54) is 5.56 Å². The number of carbonyl (C=O) groups excluding carboxylic acids is 1. The number of aromatic nitrogens is 2. The minimum Gasteiger partial charge on any atom is -0.472 e. The lowest BCUT2D eigenvalue weighted by atomic mass is 10.1. The topological polar surface area (TPSA) is 76.6 Å². The third-order valence-corrected chi connectivity index (χ3v) is 5.60. The fraction of sp³-hybridized carbons (Fsp3) is 0.292. The van der Waals surface area contributed by atoms with Crippen LogP contribution in [0.15, 0.2) is 60.9 Å². The van der Waals surface area contributed by atoms with E-state index < -0.39 is 0 Å². The maximum atomic E-state index is 13.3. The molecule has 1 unspecified atom stereocenters. The van der Waals surface area contributed by atoms with Crippen molar-refractivity contribution in [3.8, 4) is 5.88 Å². The van der Waals surface area contributed by atoms with Gasteiger partial charge in [-0.05, 0) is 41.8 Å². The predicted molar refractivity (Wildman–Crippen MR) is 117 cm³/mol. The van der Waals surface area contributed by atoms with E-state index >= 15 is 0 Å². The Balaban J connectivity index is 1.30. The van der Waals surface area contributed by atoms with E-state index in [4.69, 9.17) is 9.47 Å². The Morgan fingerprint density at radius 1 is 1.16 bits per heavy atom. The number of carbonyl (C=O) groups is 1. The number of para-hydroxylation sites is 1. The summed E-state index contributed by atoms with van der Waals surface area (Å²) >= 11 is 0. The summed E-state index contributed by atoms with van der Waals surface area (Å²) < 4.78 is 11.2. The summed E-state index contributed by atoms with van der Waals surface area (Å²) in [5, 5.41) is 3.31. The maximum absolute atomic E-state index is 13.3. The number of hydrogen-bond acceptors (Lipinski definition) is 6. The monoisotopic (exact) mass is 416 g/mol. The van der Waals surface area contributed by atoms with Crippen molar-refractivity contribution >= 4 is 17.4 Å². The van der Waals surface area contributed by atoms with Crippen LogP contribution in [0.1, 0.15) is 27.9 Å². The lowest BCUT2D eigenvalue weighted by molar-refractivity contribution is 0.0990. The van der Waals surface area contributed by atoms with Crippen molar-refractivity contribution in [1.82, 2.24) is 9.97 Å². The zero-order valence-corrected chi connectivity index (χ0v) is 17.2. The minimum atomic E-state index is -0.0412. The lowest BCUT2D eigenvalue weighted by Gasteiger charge is -2.19. The number of nitrogens with zero attached hydrogens (tertiary/aromatic N) is 3. The number of rotatable bonds is 6. The van der Waals surface area contributed by atoms with E-state index in [-0.39, 0.29) is 12.0 Å². The molecule has 4 heterocycles. The summed E-state index contributed by atoms with van der Waals surface area (Å²) in [5.41, 5.74) is 3.74. The number of nitrogens with one attached hydrogen (secondary N) is 1. The van der Waals surface area contributed by atoms with Crippen LogP contribution in [-0.2, 0) is 17.7 Å². The first-order chi connectivity index (χ1) is 15.3. The van der Waals surface area contributed by atoms with E-state index in [0.29, 0.717) is 37.0 Å². The first-order valence-corrected chi connectivity index (χ1v) is 10.6. The number of pyridine rings is 2. The largest absolute Gasteiger partial charge is 0.472 e. The number of amides is 1. The molecule has 1 amide bonds. The lowest BCUT2D eigenvalue weighted by Crippen LogP contribution is -2.29. The van der Waals surface area contributed by atoms with Gasteiger partial charge < -0.3 is 19.7 Å². The van der Waals surface area contributed by atoms with Gasteiger partial charge in [-0.3, -0.25) is 4.79 Å². The van der Waals surface area contributed by atoms with Gasteiger partial charge in [-0.25, -0.2) is 9.97 Å². The molecule has 0 spiro atoms. The second kappa shape index (κ2) is 8.73. The van der Waals surface area contributed by atoms with Crippen molar-refractivity contribution in [2.45, 2.75) is 25.5 Å². The highest BCUT2D eigenvalue weighted by atomic mass is 16.5. The van der Waals surface area contributed by atoms with Crippen molar-refractivity contribution in [1.29, 1.82) is 0 Å². The van der Waals surface area contributed by atoms with Gasteiger partial charge in [0.2, 0.25) is 5.88 Å². The first-order valence-electron chi connectivity index (χ1n) is 10.6. The molecule has 0 radical (unpaired) electrons. The van der Waals surface area contributed by atoms with E-state index in [1.54, 1.807) is 18.5 Å². The average molecular weight is 416 g/mol. The van der Waals surface area contributed by atoms with Gasteiger partial charge in [-0.2, -0.15) is 0 Å². The molecule has 1 N–H and O–H groups in total. The van der Waals surface area contributed by atoms with Crippen LogP contribution < -0.4 is 15.0 Å². The fourth-order valence-corrected chi connectivity index (χ4v) is 4.00. The highest BCUT2D eigenvalue weighted by Gasteiger charge is 2.27. The van der Waals surface area contributed by atoms with Gasteiger partial charge in [0.05, 0.1) is 18.8 Å². The molecule has 1 fully saturated rings.